The van der Waals surface area contributed by atoms with E-state index in [1.54, 1.807) is 7.11 Å². The molecule has 0 spiro atoms. The van der Waals surface area contributed by atoms with Crippen LogP contribution < -0.4 is 15.8 Å². The molecule has 1 atom stereocenters. The van der Waals surface area contributed by atoms with Crippen LogP contribution in [-0.4, -0.2) is 35.4 Å². The SMILES string of the molecule is COc1ccc(-c2nn(-c3ccccc3)cc2CC(=O)NC(CN)C2CC2)cc1.Cl. The highest BCUT2D eigenvalue weighted by Crippen LogP contribution is 2.32. The van der Waals surface area contributed by atoms with Crippen LogP contribution in [0.5, 0.6) is 5.75 Å². The molecule has 30 heavy (non-hydrogen) atoms. The Labute approximate surface area is 182 Å². The second-order valence-electron chi connectivity index (χ2n) is 7.44. The van der Waals surface area contributed by atoms with Gasteiger partial charge in [0.15, 0.2) is 0 Å². The molecule has 0 aliphatic heterocycles. The van der Waals surface area contributed by atoms with Gasteiger partial charge in [-0.1, -0.05) is 18.2 Å². The Morgan fingerprint density at radius 1 is 1.20 bits per heavy atom. The number of amides is 1. The molecule has 6 nitrogen and oxygen atoms in total. The van der Waals surface area contributed by atoms with Crippen LogP contribution in [0, 0.1) is 5.92 Å². The zero-order chi connectivity index (χ0) is 20.2. The number of halogens is 1. The Hall–Kier alpha value is -2.83. The zero-order valence-corrected chi connectivity index (χ0v) is 17.8. The minimum Gasteiger partial charge on any atom is -0.497 e. The summed E-state index contributed by atoms with van der Waals surface area (Å²) >= 11 is 0. The van der Waals surface area contributed by atoms with Crippen LogP contribution in [-0.2, 0) is 11.2 Å². The second-order valence-corrected chi connectivity index (χ2v) is 7.44. The Balaban J connectivity index is 0.00000256. The third-order valence-electron chi connectivity index (χ3n) is 5.32. The molecule has 1 fully saturated rings. The highest BCUT2D eigenvalue weighted by molar-refractivity contribution is 5.85. The average Bonchev–Trinajstić information content (AvgIpc) is 3.53. The van der Waals surface area contributed by atoms with Crippen molar-refractivity contribution in [3.8, 4) is 22.7 Å². The standard InChI is InChI=1S/C23H26N4O2.ClH/c1-29-20-11-9-17(10-12-20)23-18(13-22(28)25-21(14-24)16-7-8-16)15-27(26-23)19-5-3-2-4-6-19;/h2-6,9-12,15-16,21H,7-8,13-14,24H2,1H3,(H,25,28);1H. The highest BCUT2D eigenvalue weighted by atomic mass is 35.5. The van der Waals surface area contributed by atoms with Gasteiger partial charge in [-0.3, -0.25) is 4.79 Å². The number of para-hydroxylation sites is 1. The molecule has 2 aromatic carbocycles. The predicted octanol–water partition coefficient (Wildman–Crippen LogP) is 3.37. The third kappa shape index (κ3) is 5.01. The molecule has 1 unspecified atom stereocenters. The lowest BCUT2D eigenvalue weighted by Crippen LogP contribution is -2.42. The number of hydrogen-bond acceptors (Lipinski definition) is 4. The quantitative estimate of drug-likeness (QED) is 0.578. The number of hydrogen-bond donors (Lipinski definition) is 2. The normalized spacial score (nSPS) is 13.9. The minimum atomic E-state index is -0.0188. The summed E-state index contributed by atoms with van der Waals surface area (Å²) in [5.41, 5.74) is 9.41. The first kappa shape index (κ1) is 21.9. The number of nitrogens with one attached hydrogen (secondary N) is 1. The third-order valence-corrected chi connectivity index (χ3v) is 5.32. The van der Waals surface area contributed by atoms with Crippen molar-refractivity contribution in [1.29, 1.82) is 0 Å². The van der Waals surface area contributed by atoms with Crippen molar-refractivity contribution in [3.05, 3.63) is 66.4 Å². The topological polar surface area (TPSA) is 82.2 Å². The lowest BCUT2D eigenvalue weighted by molar-refractivity contribution is -0.121. The van der Waals surface area contributed by atoms with Gasteiger partial charge in [0.25, 0.3) is 0 Å². The summed E-state index contributed by atoms with van der Waals surface area (Å²) in [7, 11) is 1.64. The van der Waals surface area contributed by atoms with Crippen molar-refractivity contribution < 1.29 is 9.53 Å². The maximum Gasteiger partial charge on any atom is 0.224 e. The minimum absolute atomic E-state index is 0. The molecule has 1 aromatic heterocycles. The lowest BCUT2D eigenvalue weighted by Gasteiger charge is -2.15. The summed E-state index contributed by atoms with van der Waals surface area (Å²) in [4.78, 5) is 12.7. The van der Waals surface area contributed by atoms with Gasteiger partial charge in [-0.15, -0.1) is 12.4 Å². The van der Waals surface area contributed by atoms with Crippen LogP contribution in [0.25, 0.3) is 16.9 Å². The fourth-order valence-electron chi connectivity index (χ4n) is 3.54. The van der Waals surface area contributed by atoms with Crippen molar-refractivity contribution >= 4 is 18.3 Å². The number of carbonyl (C=O) groups excluding carboxylic acids is 1. The number of carbonyl (C=O) groups is 1. The molecule has 1 aliphatic rings. The van der Waals surface area contributed by atoms with Gasteiger partial charge in [-0.05, 0) is 55.2 Å². The molecule has 3 aromatic rings. The lowest BCUT2D eigenvalue weighted by atomic mass is 10.1. The van der Waals surface area contributed by atoms with Crippen molar-refractivity contribution in [2.24, 2.45) is 11.7 Å². The molecule has 0 saturated heterocycles. The molecule has 0 radical (unpaired) electrons. The molecule has 7 heteroatoms. The Morgan fingerprint density at radius 3 is 2.50 bits per heavy atom. The van der Waals surface area contributed by atoms with E-state index in [9.17, 15) is 4.79 Å². The van der Waals surface area contributed by atoms with Gasteiger partial charge in [0.1, 0.15) is 5.75 Å². The summed E-state index contributed by atoms with van der Waals surface area (Å²) < 4.78 is 7.08. The van der Waals surface area contributed by atoms with Crippen LogP contribution in [0.2, 0.25) is 0 Å². The molecule has 1 amide bonds. The van der Waals surface area contributed by atoms with Crippen LogP contribution in [0.4, 0.5) is 0 Å². The van der Waals surface area contributed by atoms with E-state index < -0.39 is 0 Å². The Kier molecular flexibility index (Phi) is 7.13. The fraction of sp³-hybridized carbons (Fsp3) is 0.304. The number of nitrogens with two attached hydrogens (primary N) is 1. The van der Waals surface area contributed by atoms with Crippen molar-refractivity contribution in [3.63, 3.8) is 0 Å². The first-order chi connectivity index (χ1) is 14.2. The van der Waals surface area contributed by atoms with E-state index in [2.05, 4.69) is 5.32 Å². The molecule has 4 rings (SSSR count). The molecular formula is C23H27ClN4O2. The largest absolute Gasteiger partial charge is 0.497 e. The maximum atomic E-state index is 12.7. The Morgan fingerprint density at radius 2 is 1.90 bits per heavy atom. The van der Waals surface area contributed by atoms with Gasteiger partial charge in [0, 0.05) is 29.9 Å². The van der Waals surface area contributed by atoms with Crippen LogP contribution in [0.1, 0.15) is 18.4 Å². The fourth-order valence-corrected chi connectivity index (χ4v) is 3.54. The first-order valence-electron chi connectivity index (χ1n) is 9.95. The van der Waals surface area contributed by atoms with Crippen LogP contribution >= 0.6 is 12.4 Å². The smallest absolute Gasteiger partial charge is 0.224 e. The van der Waals surface area contributed by atoms with Crippen molar-refractivity contribution in [2.75, 3.05) is 13.7 Å². The summed E-state index contributed by atoms with van der Waals surface area (Å²) in [6, 6.07) is 17.7. The van der Waals surface area contributed by atoms with E-state index in [1.165, 1.54) is 0 Å². The van der Waals surface area contributed by atoms with Crippen LogP contribution in [0.15, 0.2) is 60.8 Å². The van der Waals surface area contributed by atoms with E-state index in [0.717, 1.165) is 41.1 Å². The molecule has 1 aliphatic carbocycles. The number of nitrogens with zero attached hydrogens (tertiary/aromatic N) is 2. The number of benzene rings is 2. The highest BCUT2D eigenvalue weighted by Gasteiger charge is 2.31. The maximum absolute atomic E-state index is 12.7. The number of rotatable bonds is 8. The van der Waals surface area contributed by atoms with Gasteiger partial charge >= 0.3 is 0 Å². The zero-order valence-electron chi connectivity index (χ0n) is 17.0. The molecule has 3 N–H and O–H groups in total. The van der Waals surface area contributed by atoms with E-state index in [0.29, 0.717) is 12.5 Å². The van der Waals surface area contributed by atoms with Crippen LogP contribution in [0.3, 0.4) is 0 Å². The van der Waals surface area contributed by atoms with Gasteiger partial charge in [0.2, 0.25) is 5.91 Å². The summed E-state index contributed by atoms with van der Waals surface area (Å²) in [5, 5.41) is 7.88. The summed E-state index contributed by atoms with van der Waals surface area (Å²) in [6.07, 6.45) is 4.48. The predicted molar refractivity (Wildman–Crippen MR) is 120 cm³/mol. The second kappa shape index (κ2) is 9.78. The van der Waals surface area contributed by atoms with Gasteiger partial charge in [-0.25, -0.2) is 4.68 Å². The monoisotopic (exact) mass is 426 g/mol. The molecule has 1 saturated carbocycles. The molecule has 158 valence electrons. The van der Waals surface area contributed by atoms with Crippen molar-refractivity contribution in [2.45, 2.75) is 25.3 Å². The molecule has 0 bridgehead atoms. The summed E-state index contributed by atoms with van der Waals surface area (Å²) in [6.45, 7) is 0.477. The Bertz CT molecular complexity index is 969. The number of aromatic nitrogens is 2. The van der Waals surface area contributed by atoms with Crippen molar-refractivity contribution in [1.82, 2.24) is 15.1 Å². The summed E-state index contributed by atoms with van der Waals surface area (Å²) in [5.74, 6) is 1.29. The average molecular weight is 427 g/mol. The molecule has 1 heterocycles. The molecular weight excluding hydrogens is 400 g/mol. The van der Waals surface area contributed by atoms with Gasteiger partial charge < -0.3 is 15.8 Å². The van der Waals surface area contributed by atoms with E-state index in [-0.39, 0.29) is 30.8 Å². The number of ether oxygens (including phenoxy) is 1. The van der Waals surface area contributed by atoms with Gasteiger partial charge in [-0.2, -0.15) is 5.10 Å². The van der Waals surface area contributed by atoms with Gasteiger partial charge in [0.05, 0.1) is 24.9 Å². The first-order valence-corrected chi connectivity index (χ1v) is 9.95. The number of methoxy groups -OCH3 is 1. The van der Waals surface area contributed by atoms with E-state index in [1.807, 2.05) is 65.5 Å². The van der Waals surface area contributed by atoms with E-state index >= 15 is 0 Å². The van der Waals surface area contributed by atoms with E-state index in [4.69, 9.17) is 15.6 Å².